The molecule has 1 aliphatic heterocycles. The zero-order chi connectivity index (χ0) is 25.8. The summed E-state index contributed by atoms with van der Waals surface area (Å²) in [6.07, 6.45) is -5.64. The van der Waals surface area contributed by atoms with Crippen LogP contribution in [0.3, 0.4) is 0 Å². The zero-order valence-corrected chi connectivity index (χ0v) is 20.2. The van der Waals surface area contributed by atoms with Crippen molar-refractivity contribution in [3.05, 3.63) is 52.0 Å². The molecule has 1 fully saturated rings. The third-order valence-corrected chi connectivity index (χ3v) is 5.73. The maximum Gasteiger partial charge on any atom is 0.416 e. The number of hydrogen-bond donors (Lipinski definition) is 0. The maximum atomic E-state index is 13.4. The van der Waals surface area contributed by atoms with Crippen molar-refractivity contribution >= 4 is 23.3 Å². The third-order valence-electron chi connectivity index (χ3n) is 5.50. The summed E-state index contributed by atoms with van der Waals surface area (Å²) in [6, 6.07) is 6.31. The minimum absolute atomic E-state index is 0.0292. The van der Waals surface area contributed by atoms with Gasteiger partial charge in [-0.15, -0.1) is 0 Å². The van der Waals surface area contributed by atoms with E-state index in [-0.39, 0.29) is 59.7 Å². The van der Waals surface area contributed by atoms with Crippen molar-refractivity contribution in [1.82, 2.24) is 4.90 Å². The first-order valence-corrected chi connectivity index (χ1v) is 11.1. The molecule has 0 radical (unpaired) electrons. The SMILES string of the molecule is COc1ccc(C(C)=O)c(OCC2CN(C(=O)Cc3cc(Cl)ccc3C(F)(F)F)CCO2)c1OC. The average molecular weight is 516 g/mol. The van der Waals surface area contributed by atoms with Crippen molar-refractivity contribution < 1.29 is 41.7 Å². The van der Waals surface area contributed by atoms with E-state index in [0.29, 0.717) is 5.75 Å². The Balaban J connectivity index is 1.72. The summed E-state index contributed by atoms with van der Waals surface area (Å²) in [5, 5.41) is 0.113. The van der Waals surface area contributed by atoms with Gasteiger partial charge in [-0.2, -0.15) is 13.2 Å². The second kappa shape index (κ2) is 11.2. The first-order valence-electron chi connectivity index (χ1n) is 10.7. The van der Waals surface area contributed by atoms with Gasteiger partial charge in [-0.3, -0.25) is 9.59 Å². The molecule has 1 saturated heterocycles. The van der Waals surface area contributed by atoms with Crippen LogP contribution in [-0.2, 0) is 22.1 Å². The molecule has 2 aromatic rings. The summed E-state index contributed by atoms with van der Waals surface area (Å²) < 4.78 is 62.2. The Morgan fingerprint density at radius 3 is 2.51 bits per heavy atom. The van der Waals surface area contributed by atoms with Crippen LogP contribution in [-0.4, -0.2) is 63.2 Å². The number of carbonyl (C=O) groups is 2. The van der Waals surface area contributed by atoms with Crippen molar-refractivity contribution in [2.24, 2.45) is 0 Å². The standard InChI is InChI=1S/C24H25ClF3NO6/c1-14(30)18-5-7-20(32-2)23(33-3)22(18)35-13-17-12-29(8-9-34-17)21(31)11-15-10-16(25)4-6-19(15)24(26,27)28/h4-7,10,17H,8-9,11-13H2,1-3H3. The van der Waals surface area contributed by atoms with Gasteiger partial charge in [0.1, 0.15) is 12.7 Å². The fraction of sp³-hybridized carbons (Fsp3) is 0.417. The Morgan fingerprint density at radius 2 is 1.89 bits per heavy atom. The van der Waals surface area contributed by atoms with Crippen LogP contribution in [0.25, 0.3) is 0 Å². The minimum atomic E-state index is -4.61. The Bertz CT molecular complexity index is 1090. The highest BCUT2D eigenvalue weighted by Crippen LogP contribution is 2.40. The first kappa shape index (κ1) is 26.6. The second-order valence-corrected chi connectivity index (χ2v) is 8.29. The van der Waals surface area contributed by atoms with Gasteiger partial charge in [-0.25, -0.2) is 0 Å². The van der Waals surface area contributed by atoms with E-state index in [1.54, 1.807) is 12.1 Å². The van der Waals surface area contributed by atoms with Crippen molar-refractivity contribution in [2.45, 2.75) is 25.6 Å². The molecule has 190 valence electrons. The number of morpholine rings is 1. The van der Waals surface area contributed by atoms with E-state index in [1.165, 1.54) is 26.0 Å². The van der Waals surface area contributed by atoms with Gasteiger partial charge in [-0.05, 0) is 42.8 Å². The van der Waals surface area contributed by atoms with Gasteiger partial charge in [0.15, 0.2) is 17.3 Å². The number of nitrogens with zero attached hydrogens (tertiary/aromatic N) is 1. The summed E-state index contributed by atoms with van der Waals surface area (Å²) in [7, 11) is 2.87. The molecular weight excluding hydrogens is 491 g/mol. The van der Waals surface area contributed by atoms with Crippen LogP contribution in [0, 0.1) is 0 Å². The van der Waals surface area contributed by atoms with E-state index >= 15 is 0 Å². The van der Waals surface area contributed by atoms with E-state index in [0.717, 1.165) is 18.2 Å². The summed E-state index contributed by atoms with van der Waals surface area (Å²) in [5.74, 6) is 0.0549. The Morgan fingerprint density at radius 1 is 1.14 bits per heavy atom. The number of alkyl halides is 3. The lowest BCUT2D eigenvalue weighted by atomic mass is 10.0. The van der Waals surface area contributed by atoms with Crippen molar-refractivity contribution in [1.29, 1.82) is 0 Å². The van der Waals surface area contributed by atoms with Gasteiger partial charge >= 0.3 is 6.18 Å². The highest BCUT2D eigenvalue weighted by Gasteiger charge is 2.35. The molecular formula is C24H25ClF3NO6. The molecule has 7 nitrogen and oxygen atoms in total. The molecule has 2 aromatic carbocycles. The van der Waals surface area contributed by atoms with Gasteiger partial charge in [0.05, 0.1) is 44.9 Å². The lowest BCUT2D eigenvalue weighted by Gasteiger charge is -2.33. The van der Waals surface area contributed by atoms with E-state index in [2.05, 4.69) is 0 Å². The summed E-state index contributed by atoms with van der Waals surface area (Å²) >= 11 is 5.87. The summed E-state index contributed by atoms with van der Waals surface area (Å²) in [5.41, 5.74) is -0.807. The van der Waals surface area contributed by atoms with Gasteiger partial charge < -0.3 is 23.8 Å². The number of methoxy groups -OCH3 is 2. The van der Waals surface area contributed by atoms with E-state index in [9.17, 15) is 22.8 Å². The van der Waals surface area contributed by atoms with Gasteiger partial charge in [0, 0.05) is 11.6 Å². The zero-order valence-electron chi connectivity index (χ0n) is 19.4. The topological polar surface area (TPSA) is 74.3 Å². The van der Waals surface area contributed by atoms with E-state index in [1.807, 2.05) is 0 Å². The lowest BCUT2D eigenvalue weighted by Crippen LogP contribution is -2.48. The molecule has 11 heteroatoms. The number of rotatable bonds is 8. The number of benzene rings is 2. The van der Waals surface area contributed by atoms with Crippen molar-refractivity contribution in [3.8, 4) is 17.2 Å². The molecule has 1 atom stereocenters. The van der Waals surface area contributed by atoms with Gasteiger partial charge in [-0.1, -0.05) is 11.6 Å². The number of carbonyl (C=O) groups excluding carboxylic acids is 2. The van der Waals surface area contributed by atoms with Crippen LogP contribution in [0.15, 0.2) is 30.3 Å². The Labute approximate surface area is 205 Å². The van der Waals surface area contributed by atoms with Crippen LogP contribution in [0.4, 0.5) is 13.2 Å². The highest BCUT2D eigenvalue weighted by molar-refractivity contribution is 6.30. The van der Waals surface area contributed by atoms with Crippen LogP contribution >= 0.6 is 11.6 Å². The molecule has 0 aromatic heterocycles. The predicted molar refractivity (Wildman–Crippen MR) is 122 cm³/mol. The molecule has 0 bridgehead atoms. The smallest absolute Gasteiger partial charge is 0.416 e. The fourth-order valence-electron chi connectivity index (χ4n) is 3.80. The number of hydrogen-bond acceptors (Lipinski definition) is 6. The van der Waals surface area contributed by atoms with Crippen LogP contribution in [0.1, 0.15) is 28.4 Å². The quantitative estimate of drug-likeness (QED) is 0.484. The molecule has 1 unspecified atom stereocenters. The third kappa shape index (κ3) is 6.37. The molecule has 35 heavy (non-hydrogen) atoms. The number of ether oxygens (including phenoxy) is 4. The maximum absolute atomic E-state index is 13.4. The highest BCUT2D eigenvalue weighted by atomic mass is 35.5. The normalized spacial score (nSPS) is 16.1. The van der Waals surface area contributed by atoms with Crippen molar-refractivity contribution in [3.63, 3.8) is 0 Å². The lowest BCUT2D eigenvalue weighted by molar-refractivity contribution is -0.141. The van der Waals surface area contributed by atoms with E-state index in [4.69, 9.17) is 30.5 Å². The fourth-order valence-corrected chi connectivity index (χ4v) is 4.00. The molecule has 0 saturated carbocycles. The summed E-state index contributed by atoms with van der Waals surface area (Å²) in [6.45, 7) is 1.85. The number of halogens is 4. The second-order valence-electron chi connectivity index (χ2n) is 7.85. The van der Waals surface area contributed by atoms with Gasteiger partial charge in [0.2, 0.25) is 11.7 Å². The van der Waals surface area contributed by atoms with E-state index < -0.39 is 30.2 Å². The Kier molecular flexibility index (Phi) is 8.50. The molecule has 0 N–H and O–H groups in total. The summed E-state index contributed by atoms with van der Waals surface area (Å²) in [4.78, 5) is 26.3. The van der Waals surface area contributed by atoms with Crippen molar-refractivity contribution in [2.75, 3.05) is 40.5 Å². The molecule has 1 aliphatic rings. The molecule has 3 rings (SSSR count). The number of amides is 1. The van der Waals surface area contributed by atoms with Gasteiger partial charge in [0.25, 0.3) is 0 Å². The largest absolute Gasteiger partial charge is 0.493 e. The monoisotopic (exact) mass is 515 g/mol. The molecule has 0 aliphatic carbocycles. The Hall–Kier alpha value is -2.98. The van der Waals surface area contributed by atoms with Crippen LogP contribution in [0.5, 0.6) is 17.2 Å². The molecule has 1 amide bonds. The van der Waals surface area contributed by atoms with Crippen LogP contribution < -0.4 is 14.2 Å². The predicted octanol–water partition coefficient (Wildman–Crippen LogP) is 4.43. The number of ketones is 1. The number of Topliss-reactive ketones (excluding diaryl/α,β-unsaturated/α-hetero) is 1. The average Bonchev–Trinajstić information content (AvgIpc) is 2.81. The van der Waals surface area contributed by atoms with Crippen LogP contribution in [0.2, 0.25) is 5.02 Å². The molecule has 1 heterocycles. The first-order chi connectivity index (χ1) is 16.5. The minimum Gasteiger partial charge on any atom is -0.493 e. The molecule has 0 spiro atoms.